The zero-order valence-electron chi connectivity index (χ0n) is 8.32. The van der Waals surface area contributed by atoms with Crippen molar-refractivity contribution in [2.45, 2.75) is 0 Å². The highest BCUT2D eigenvalue weighted by Gasteiger charge is 2.06. The van der Waals surface area contributed by atoms with Gasteiger partial charge >= 0.3 is 0 Å². The number of rotatable bonds is 2. The van der Waals surface area contributed by atoms with Crippen LogP contribution in [0.1, 0.15) is 0 Å². The molecule has 2 aromatic rings. The first kappa shape index (κ1) is 12.6. The van der Waals surface area contributed by atoms with Crippen molar-refractivity contribution in [1.29, 1.82) is 0 Å². The molecule has 0 aliphatic heterocycles. The Kier molecular flexibility index (Phi) is 3.86. The van der Waals surface area contributed by atoms with Gasteiger partial charge in [-0.25, -0.2) is 4.98 Å². The molecule has 0 amide bonds. The minimum Gasteiger partial charge on any atom is -0.438 e. The maximum absolute atomic E-state index is 5.75. The van der Waals surface area contributed by atoms with Gasteiger partial charge in [0.1, 0.15) is 10.9 Å². The Bertz CT molecular complexity index is 545. The van der Waals surface area contributed by atoms with E-state index in [1.165, 1.54) is 6.07 Å². The van der Waals surface area contributed by atoms with Crippen LogP contribution in [0.5, 0.6) is 11.6 Å². The number of aromatic nitrogens is 2. The van der Waals surface area contributed by atoms with E-state index in [1.54, 1.807) is 6.07 Å². The van der Waals surface area contributed by atoms with E-state index in [0.717, 1.165) is 8.95 Å². The van der Waals surface area contributed by atoms with Crippen molar-refractivity contribution in [1.82, 2.24) is 9.97 Å². The zero-order chi connectivity index (χ0) is 12.4. The molecule has 0 spiro atoms. The van der Waals surface area contributed by atoms with Crippen molar-refractivity contribution >= 4 is 49.4 Å². The van der Waals surface area contributed by atoms with Crippen molar-refractivity contribution in [3.05, 3.63) is 38.4 Å². The standard InChI is InChI=1S/C10H6Br2ClN3O/c11-5-1-2-7(6(12)3-5)17-9-4-8(13)15-10(14)16-9/h1-4H,(H2,14,15,16). The third-order valence-corrected chi connectivity index (χ3v) is 3.10. The molecule has 0 aliphatic rings. The summed E-state index contributed by atoms with van der Waals surface area (Å²) in [6.45, 7) is 0. The normalized spacial score (nSPS) is 10.3. The van der Waals surface area contributed by atoms with E-state index >= 15 is 0 Å². The van der Waals surface area contributed by atoms with E-state index in [2.05, 4.69) is 41.8 Å². The second kappa shape index (κ2) is 5.20. The summed E-state index contributed by atoms with van der Waals surface area (Å²) in [6, 6.07) is 7.00. The lowest BCUT2D eigenvalue weighted by atomic mass is 10.3. The van der Waals surface area contributed by atoms with Crippen LogP contribution in [0.4, 0.5) is 5.95 Å². The predicted octanol–water partition coefficient (Wildman–Crippen LogP) is 4.03. The van der Waals surface area contributed by atoms with Crippen molar-refractivity contribution in [3.63, 3.8) is 0 Å². The molecule has 1 aromatic carbocycles. The summed E-state index contributed by atoms with van der Waals surface area (Å²) in [4.78, 5) is 7.67. The van der Waals surface area contributed by atoms with Crippen LogP contribution in [0.3, 0.4) is 0 Å². The highest BCUT2D eigenvalue weighted by molar-refractivity contribution is 9.11. The summed E-state index contributed by atoms with van der Waals surface area (Å²) in [6.07, 6.45) is 0. The topological polar surface area (TPSA) is 61.0 Å². The molecule has 0 bridgehead atoms. The van der Waals surface area contributed by atoms with Crippen LogP contribution in [-0.4, -0.2) is 9.97 Å². The number of hydrogen-bond donors (Lipinski definition) is 1. The van der Waals surface area contributed by atoms with Gasteiger partial charge in [-0.15, -0.1) is 0 Å². The zero-order valence-corrected chi connectivity index (χ0v) is 12.3. The van der Waals surface area contributed by atoms with E-state index in [4.69, 9.17) is 22.1 Å². The lowest BCUT2D eigenvalue weighted by Crippen LogP contribution is -1.97. The molecule has 0 atom stereocenters. The fraction of sp³-hybridized carbons (Fsp3) is 0. The molecule has 7 heteroatoms. The van der Waals surface area contributed by atoms with Gasteiger partial charge < -0.3 is 10.5 Å². The Morgan fingerprint density at radius 3 is 2.59 bits per heavy atom. The number of nitrogens with zero attached hydrogens (tertiary/aromatic N) is 2. The molecule has 0 saturated carbocycles. The van der Waals surface area contributed by atoms with Gasteiger partial charge in [0.2, 0.25) is 11.8 Å². The fourth-order valence-corrected chi connectivity index (χ4v) is 2.44. The quantitative estimate of drug-likeness (QED) is 0.801. The van der Waals surface area contributed by atoms with E-state index in [-0.39, 0.29) is 11.1 Å². The summed E-state index contributed by atoms with van der Waals surface area (Å²) >= 11 is 12.5. The molecule has 0 fully saturated rings. The first-order valence-electron chi connectivity index (χ1n) is 4.47. The van der Waals surface area contributed by atoms with Crippen molar-refractivity contribution in [3.8, 4) is 11.6 Å². The summed E-state index contributed by atoms with van der Waals surface area (Å²) in [5.41, 5.74) is 5.47. The van der Waals surface area contributed by atoms with Crippen LogP contribution in [0.15, 0.2) is 33.2 Å². The SMILES string of the molecule is Nc1nc(Cl)cc(Oc2ccc(Br)cc2Br)n1. The smallest absolute Gasteiger partial charge is 0.225 e. The summed E-state index contributed by atoms with van der Waals surface area (Å²) in [5.74, 6) is 0.980. The van der Waals surface area contributed by atoms with Crippen LogP contribution < -0.4 is 10.5 Å². The Morgan fingerprint density at radius 2 is 1.94 bits per heavy atom. The van der Waals surface area contributed by atoms with Crippen LogP contribution in [-0.2, 0) is 0 Å². The van der Waals surface area contributed by atoms with Gasteiger partial charge in [0.05, 0.1) is 4.47 Å². The van der Waals surface area contributed by atoms with Gasteiger partial charge in [-0.1, -0.05) is 27.5 Å². The van der Waals surface area contributed by atoms with Gasteiger partial charge in [0.25, 0.3) is 0 Å². The molecular weight excluding hydrogens is 373 g/mol. The summed E-state index contributed by atoms with van der Waals surface area (Å²) in [7, 11) is 0. The number of anilines is 1. The number of benzene rings is 1. The third kappa shape index (κ3) is 3.31. The molecule has 1 aromatic heterocycles. The lowest BCUT2D eigenvalue weighted by Gasteiger charge is -2.07. The van der Waals surface area contributed by atoms with Gasteiger partial charge in [0, 0.05) is 10.5 Å². The molecule has 0 aliphatic carbocycles. The van der Waals surface area contributed by atoms with Gasteiger partial charge in [-0.3, -0.25) is 0 Å². The van der Waals surface area contributed by atoms with Crippen LogP contribution in [0.2, 0.25) is 5.15 Å². The molecule has 0 radical (unpaired) electrons. The second-order valence-electron chi connectivity index (χ2n) is 3.06. The Balaban J connectivity index is 2.31. The summed E-state index contributed by atoms with van der Waals surface area (Å²) in [5, 5.41) is 0.237. The largest absolute Gasteiger partial charge is 0.438 e. The summed E-state index contributed by atoms with van der Waals surface area (Å²) < 4.78 is 7.28. The maximum Gasteiger partial charge on any atom is 0.225 e. The molecule has 1 heterocycles. The number of halogens is 3. The second-order valence-corrected chi connectivity index (χ2v) is 5.22. The van der Waals surface area contributed by atoms with Crippen LogP contribution in [0.25, 0.3) is 0 Å². The average Bonchev–Trinajstić information content (AvgIpc) is 2.21. The van der Waals surface area contributed by atoms with Crippen molar-refractivity contribution in [2.75, 3.05) is 5.73 Å². The average molecular weight is 379 g/mol. The van der Waals surface area contributed by atoms with Gasteiger partial charge in [-0.2, -0.15) is 4.98 Å². The number of hydrogen-bond acceptors (Lipinski definition) is 4. The first-order valence-corrected chi connectivity index (χ1v) is 6.44. The van der Waals surface area contributed by atoms with E-state index in [1.807, 2.05) is 12.1 Å². The fourth-order valence-electron chi connectivity index (χ4n) is 1.14. The Labute approximate surface area is 119 Å². The Hall–Kier alpha value is -0.850. The van der Waals surface area contributed by atoms with Crippen LogP contribution in [0, 0.1) is 0 Å². The van der Waals surface area contributed by atoms with E-state index in [9.17, 15) is 0 Å². The molecule has 88 valence electrons. The number of ether oxygens (including phenoxy) is 1. The minimum absolute atomic E-state index is 0.0701. The van der Waals surface area contributed by atoms with Gasteiger partial charge in [0.15, 0.2) is 0 Å². The molecule has 0 unspecified atom stereocenters. The van der Waals surface area contributed by atoms with Gasteiger partial charge in [-0.05, 0) is 34.1 Å². The third-order valence-electron chi connectivity index (χ3n) is 1.80. The monoisotopic (exact) mass is 377 g/mol. The van der Waals surface area contributed by atoms with Crippen molar-refractivity contribution in [2.24, 2.45) is 0 Å². The molecular formula is C10H6Br2ClN3O. The Morgan fingerprint density at radius 1 is 1.18 bits per heavy atom. The molecule has 4 nitrogen and oxygen atoms in total. The predicted molar refractivity (Wildman–Crippen MR) is 73.4 cm³/mol. The molecule has 0 saturated heterocycles. The first-order chi connectivity index (χ1) is 8.04. The highest BCUT2D eigenvalue weighted by Crippen LogP contribution is 2.31. The van der Waals surface area contributed by atoms with Crippen molar-refractivity contribution < 1.29 is 4.74 Å². The number of nitrogens with two attached hydrogens (primary N) is 1. The lowest BCUT2D eigenvalue weighted by molar-refractivity contribution is 0.460. The minimum atomic E-state index is 0.0701. The highest BCUT2D eigenvalue weighted by atomic mass is 79.9. The molecule has 2 N–H and O–H groups in total. The van der Waals surface area contributed by atoms with E-state index in [0.29, 0.717) is 11.6 Å². The van der Waals surface area contributed by atoms with Crippen LogP contribution >= 0.6 is 43.5 Å². The van der Waals surface area contributed by atoms with E-state index < -0.39 is 0 Å². The molecule has 2 rings (SSSR count). The maximum atomic E-state index is 5.75. The number of nitrogen functional groups attached to an aromatic ring is 1. The molecule has 17 heavy (non-hydrogen) atoms.